The first-order valence-electron chi connectivity index (χ1n) is 12.3. The average molecular weight is 541 g/mol. The number of amides is 2. The van der Waals surface area contributed by atoms with Gasteiger partial charge in [-0.15, -0.1) is 18.3 Å². The fraction of sp³-hybridized carbons (Fsp3) is 0.393. The second kappa shape index (κ2) is 9.82. The van der Waals surface area contributed by atoms with Crippen molar-refractivity contribution in [2.24, 2.45) is 17.8 Å². The van der Waals surface area contributed by atoms with Gasteiger partial charge in [0.25, 0.3) is 5.91 Å². The van der Waals surface area contributed by atoms with E-state index >= 15 is 0 Å². The van der Waals surface area contributed by atoms with Crippen LogP contribution in [0.5, 0.6) is 0 Å². The fourth-order valence-corrected chi connectivity index (χ4v) is 9.13. The molecular weight excluding hydrogens is 512 g/mol. The van der Waals surface area contributed by atoms with Gasteiger partial charge in [0, 0.05) is 22.5 Å². The normalized spacial score (nSPS) is 30.7. The first-order valence-corrected chi connectivity index (χ1v) is 13.6. The quantitative estimate of drug-likeness (QED) is 0.491. The SMILES string of the molecule is C=CCN(C(=O)C1N([C@H](CO)c2ccccc2)C(=O)[C@@H]2[C@@H](C(=O)O)[C@H]3CC(C)C12S3)c1ccc(Cl)cc1. The molecule has 7 nitrogen and oxygen atoms in total. The van der Waals surface area contributed by atoms with Crippen LogP contribution in [0.2, 0.25) is 5.02 Å². The molecule has 3 unspecified atom stereocenters. The maximum absolute atomic E-state index is 14.6. The van der Waals surface area contributed by atoms with Crippen molar-refractivity contribution in [1.82, 2.24) is 4.90 Å². The number of anilines is 1. The number of hydrogen-bond donors (Lipinski definition) is 2. The van der Waals surface area contributed by atoms with E-state index in [1.165, 1.54) is 16.7 Å². The highest BCUT2D eigenvalue weighted by Gasteiger charge is 2.77. The minimum Gasteiger partial charge on any atom is -0.481 e. The molecule has 7 atom stereocenters. The summed E-state index contributed by atoms with van der Waals surface area (Å²) in [7, 11) is 0. The molecule has 2 N–H and O–H groups in total. The van der Waals surface area contributed by atoms with Crippen LogP contribution in [0.4, 0.5) is 5.69 Å². The van der Waals surface area contributed by atoms with Gasteiger partial charge in [-0.1, -0.05) is 54.9 Å². The van der Waals surface area contributed by atoms with Crippen LogP contribution in [-0.4, -0.2) is 62.1 Å². The van der Waals surface area contributed by atoms with Gasteiger partial charge in [-0.25, -0.2) is 0 Å². The molecule has 3 aliphatic rings. The van der Waals surface area contributed by atoms with Crippen LogP contribution < -0.4 is 4.90 Å². The zero-order valence-electron chi connectivity index (χ0n) is 20.4. The van der Waals surface area contributed by atoms with Crippen LogP contribution in [0, 0.1) is 17.8 Å². The van der Waals surface area contributed by atoms with Gasteiger partial charge in [0.05, 0.1) is 29.2 Å². The third kappa shape index (κ3) is 3.88. The molecule has 2 aromatic carbocycles. The van der Waals surface area contributed by atoms with E-state index in [4.69, 9.17) is 11.6 Å². The van der Waals surface area contributed by atoms with E-state index in [1.807, 2.05) is 37.3 Å². The molecule has 3 fully saturated rings. The van der Waals surface area contributed by atoms with Gasteiger partial charge in [-0.3, -0.25) is 14.4 Å². The van der Waals surface area contributed by atoms with Crippen LogP contribution in [0.3, 0.4) is 0 Å². The van der Waals surface area contributed by atoms with E-state index in [0.717, 1.165) is 0 Å². The van der Waals surface area contributed by atoms with Crippen molar-refractivity contribution in [1.29, 1.82) is 0 Å². The molecule has 2 bridgehead atoms. The summed E-state index contributed by atoms with van der Waals surface area (Å²) in [5, 5.41) is 21.0. The van der Waals surface area contributed by atoms with Gasteiger partial charge >= 0.3 is 5.97 Å². The van der Waals surface area contributed by atoms with Gasteiger partial charge in [0.1, 0.15) is 6.04 Å². The van der Waals surface area contributed by atoms with Crippen molar-refractivity contribution in [3.8, 4) is 0 Å². The minimum absolute atomic E-state index is 0.0723. The molecular formula is C28H29ClN2O5S. The maximum atomic E-state index is 14.6. The van der Waals surface area contributed by atoms with Gasteiger partial charge in [-0.2, -0.15) is 0 Å². The lowest BCUT2D eigenvalue weighted by Gasteiger charge is -2.42. The molecule has 1 spiro atoms. The van der Waals surface area contributed by atoms with Crippen molar-refractivity contribution in [3.63, 3.8) is 0 Å². The summed E-state index contributed by atoms with van der Waals surface area (Å²) >= 11 is 7.57. The van der Waals surface area contributed by atoms with Crippen molar-refractivity contribution in [2.75, 3.05) is 18.1 Å². The predicted molar refractivity (Wildman–Crippen MR) is 143 cm³/mol. The number of likely N-dealkylation sites (tertiary alicyclic amines) is 1. The lowest BCUT2D eigenvalue weighted by atomic mass is 9.66. The monoisotopic (exact) mass is 540 g/mol. The number of thioether (sulfide) groups is 1. The van der Waals surface area contributed by atoms with Crippen molar-refractivity contribution in [3.05, 3.63) is 77.8 Å². The van der Waals surface area contributed by atoms with Crippen molar-refractivity contribution < 1.29 is 24.6 Å². The Balaban J connectivity index is 1.68. The smallest absolute Gasteiger partial charge is 0.308 e. The first-order chi connectivity index (χ1) is 17.8. The van der Waals surface area contributed by atoms with E-state index in [0.29, 0.717) is 22.7 Å². The fourth-order valence-electron chi connectivity index (χ4n) is 6.61. The molecule has 0 saturated carbocycles. The number of hydrogen-bond acceptors (Lipinski definition) is 5. The molecule has 3 saturated heterocycles. The Morgan fingerprint density at radius 1 is 1.24 bits per heavy atom. The molecule has 2 amide bonds. The Hall–Kier alpha value is -2.81. The maximum Gasteiger partial charge on any atom is 0.308 e. The van der Waals surface area contributed by atoms with Crippen LogP contribution in [0.15, 0.2) is 67.3 Å². The van der Waals surface area contributed by atoms with E-state index in [2.05, 4.69) is 6.58 Å². The third-order valence-corrected chi connectivity index (χ3v) is 10.4. The summed E-state index contributed by atoms with van der Waals surface area (Å²) < 4.78 is -0.921. The number of rotatable bonds is 8. The predicted octanol–water partition coefficient (Wildman–Crippen LogP) is 4.01. The number of aliphatic carboxylic acids is 1. The topological polar surface area (TPSA) is 98.2 Å². The summed E-state index contributed by atoms with van der Waals surface area (Å²) in [6.07, 6.45) is 2.23. The zero-order chi connectivity index (χ0) is 26.5. The van der Waals surface area contributed by atoms with Crippen LogP contribution >= 0.6 is 23.4 Å². The van der Waals surface area contributed by atoms with Crippen LogP contribution in [0.1, 0.15) is 24.9 Å². The Bertz CT molecular complexity index is 1220. The van der Waals surface area contributed by atoms with Crippen LogP contribution in [-0.2, 0) is 14.4 Å². The summed E-state index contributed by atoms with van der Waals surface area (Å²) in [5.74, 6) is -3.53. The number of nitrogens with zero attached hydrogens (tertiary/aromatic N) is 2. The number of carbonyl (C=O) groups excluding carboxylic acids is 2. The number of aliphatic hydroxyl groups is 1. The lowest BCUT2D eigenvalue weighted by molar-refractivity contribution is -0.149. The average Bonchev–Trinajstić information content (AvgIpc) is 3.48. The van der Waals surface area contributed by atoms with E-state index in [-0.39, 0.29) is 29.5 Å². The second-order valence-electron chi connectivity index (χ2n) is 9.96. The molecule has 0 aliphatic carbocycles. The largest absolute Gasteiger partial charge is 0.481 e. The van der Waals surface area contributed by atoms with E-state index in [1.54, 1.807) is 35.2 Å². The molecule has 2 aromatic rings. The third-order valence-electron chi connectivity index (χ3n) is 8.11. The first kappa shape index (κ1) is 25.8. The Morgan fingerprint density at radius 3 is 2.51 bits per heavy atom. The van der Waals surface area contributed by atoms with Gasteiger partial charge < -0.3 is 20.0 Å². The minimum atomic E-state index is -1.02. The van der Waals surface area contributed by atoms with Crippen LogP contribution in [0.25, 0.3) is 0 Å². The second-order valence-corrected chi connectivity index (χ2v) is 11.9. The molecule has 194 valence electrons. The summed E-state index contributed by atoms with van der Waals surface area (Å²) in [5.41, 5.74) is 1.29. The molecule has 0 aromatic heterocycles. The Morgan fingerprint density at radius 2 is 1.92 bits per heavy atom. The molecule has 0 radical (unpaired) electrons. The standard InChI is InChI=1S/C28H29ClN2O5S/c1-3-13-30(19-11-9-18(29)10-12-19)26(34)24-28-16(2)14-21(37-28)22(27(35)36)23(28)25(33)31(24)20(15-32)17-7-5-4-6-8-17/h3-12,16,20-24,32H,1,13-15H2,2H3,(H,35,36)/t16?,20-,21-,22+,23+,24?,28?/m1/s1. The summed E-state index contributed by atoms with van der Waals surface area (Å²) in [6.45, 7) is 5.63. The lowest BCUT2D eigenvalue weighted by Crippen LogP contribution is -2.58. The highest BCUT2D eigenvalue weighted by molar-refractivity contribution is 8.02. The van der Waals surface area contributed by atoms with Gasteiger partial charge in [0.15, 0.2) is 0 Å². The number of aliphatic hydroxyl groups excluding tert-OH is 1. The zero-order valence-corrected chi connectivity index (χ0v) is 21.9. The number of carboxylic acids is 1. The Kier molecular flexibility index (Phi) is 6.85. The summed E-state index contributed by atoms with van der Waals surface area (Å²) in [6, 6.07) is 14.2. The molecule has 3 aliphatic heterocycles. The van der Waals surface area contributed by atoms with Gasteiger partial charge in [-0.05, 0) is 42.2 Å². The number of carboxylic acid groups (broad SMARTS) is 1. The van der Waals surface area contributed by atoms with Gasteiger partial charge in [0.2, 0.25) is 5.91 Å². The molecule has 5 rings (SSSR count). The number of halogens is 1. The van der Waals surface area contributed by atoms with Crippen molar-refractivity contribution in [2.45, 2.75) is 35.4 Å². The number of carbonyl (C=O) groups is 3. The highest BCUT2D eigenvalue weighted by Crippen LogP contribution is 2.69. The van der Waals surface area contributed by atoms with E-state index in [9.17, 15) is 24.6 Å². The number of fused-ring (bicyclic) bond motifs is 1. The molecule has 9 heteroatoms. The molecule has 3 heterocycles. The highest BCUT2D eigenvalue weighted by atomic mass is 35.5. The summed E-state index contributed by atoms with van der Waals surface area (Å²) in [4.78, 5) is 44.3. The Labute approximate surface area is 225 Å². The number of benzene rings is 2. The van der Waals surface area contributed by atoms with E-state index < -0.39 is 41.2 Å². The van der Waals surface area contributed by atoms with Crippen molar-refractivity contribution >= 4 is 46.8 Å². The molecule has 37 heavy (non-hydrogen) atoms.